The van der Waals surface area contributed by atoms with Crippen molar-refractivity contribution in [1.82, 2.24) is 20.2 Å². The molecule has 0 aliphatic carbocycles. The molecule has 0 aliphatic heterocycles. The van der Waals surface area contributed by atoms with Gasteiger partial charge in [0.1, 0.15) is 12.1 Å². The molecule has 0 aromatic carbocycles. The third kappa shape index (κ3) is 2.93. The van der Waals surface area contributed by atoms with Crippen LogP contribution in [0, 0.1) is 6.92 Å². The summed E-state index contributed by atoms with van der Waals surface area (Å²) in [5.74, 6) is 1.32. The molecule has 2 aromatic rings. The van der Waals surface area contributed by atoms with Gasteiger partial charge < -0.3 is 10.1 Å². The molecule has 0 fully saturated rings. The smallest absolute Gasteiger partial charge is 0.218 e. The summed E-state index contributed by atoms with van der Waals surface area (Å²) in [4.78, 5) is 8.12. The number of H-pyrrole nitrogens is 1. The molecule has 6 heteroatoms. The molecule has 0 unspecified atom stereocenters. The van der Waals surface area contributed by atoms with Gasteiger partial charge in [0.25, 0.3) is 0 Å². The number of rotatable bonds is 5. The van der Waals surface area contributed by atoms with E-state index < -0.39 is 0 Å². The number of aromatic nitrogens is 4. The Kier molecular flexibility index (Phi) is 3.54. The van der Waals surface area contributed by atoms with Crippen LogP contribution >= 0.6 is 0 Å². The van der Waals surface area contributed by atoms with Crippen LogP contribution in [0.3, 0.4) is 0 Å². The van der Waals surface area contributed by atoms with Crippen molar-refractivity contribution in [2.75, 3.05) is 11.9 Å². The van der Waals surface area contributed by atoms with Crippen LogP contribution in [0.15, 0.2) is 18.6 Å². The molecular formula is C11H15N5O. The lowest BCUT2D eigenvalue weighted by atomic mass is 10.2. The van der Waals surface area contributed by atoms with Crippen molar-refractivity contribution >= 4 is 5.82 Å². The number of hydrogen-bond donors (Lipinski definition) is 2. The second kappa shape index (κ2) is 5.29. The third-order valence-electron chi connectivity index (χ3n) is 2.33. The third-order valence-corrected chi connectivity index (χ3v) is 2.33. The number of hydrogen-bond acceptors (Lipinski definition) is 5. The summed E-state index contributed by atoms with van der Waals surface area (Å²) >= 11 is 0. The largest absolute Gasteiger partial charge is 0.478 e. The summed E-state index contributed by atoms with van der Waals surface area (Å²) in [6, 6.07) is 1.78. The van der Waals surface area contributed by atoms with Crippen molar-refractivity contribution in [1.29, 1.82) is 0 Å². The average molecular weight is 233 g/mol. The molecule has 2 heterocycles. The van der Waals surface area contributed by atoms with E-state index in [-0.39, 0.29) is 0 Å². The van der Waals surface area contributed by atoms with Crippen LogP contribution in [-0.2, 0) is 6.54 Å². The molecule has 0 saturated heterocycles. The fraction of sp³-hybridized carbons (Fsp3) is 0.364. The van der Waals surface area contributed by atoms with Gasteiger partial charge in [0.05, 0.1) is 12.8 Å². The molecule has 0 spiro atoms. The first-order valence-corrected chi connectivity index (χ1v) is 5.47. The standard InChI is InChI=1S/C11H15N5O/c1-3-17-11-4-10(13-7-14-11)12-5-9-6-15-16-8(9)2/h4,6-7H,3,5H2,1-2H3,(H,15,16)(H,12,13,14). The molecule has 2 aromatic heterocycles. The molecule has 2 N–H and O–H groups in total. The first-order chi connectivity index (χ1) is 8.29. The Balaban J connectivity index is 1.99. The van der Waals surface area contributed by atoms with Gasteiger partial charge in [0.15, 0.2) is 0 Å². The van der Waals surface area contributed by atoms with Gasteiger partial charge in [0, 0.05) is 23.9 Å². The number of nitrogens with zero attached hydrogens (tertiary/aromatic N) is 3. The number of aromatic amines is 1. The molecule has 2 rings (SSSR count). The van der Waals surface area contributed by atoms with Gasteiger partial charge in [-0.25, -0.2) is 9.97 Å². The maximum Gasteiger partial charge on any atom is 0.218 e. The van der Waals surface area contributed by atoms with E-state index in [9.17, 15) is 0 Å². The summed E-state index contributed by atoms with van der Waals surface area (Å²) in [5.41, 5.74) is 2.16. The van der Waals surface area contributed by atoms with Crippen LogP contribution in [0.25, 0.3) is 0 Å². The molecule has 0 bridgehead atoms. The minimum Gasteiger partial charge on any atom is -0.478 e. The molecule has 90 valence electrons. The minimum absolute atomic E-state index is 0.578. The second-order valence-electron chi connectivity index (χ2n) is 3.55. The molecule has 0 aliphatic rings. The molecule has 6 nitrogen and oxygen atoms in total. The van der Waals surface area contributed by atoms with E-state index in [0.717, 1.165) is 17.1 Å². The molecule has 17 heavy (non-hydrogen) atoms. The van der Waals surface area contributed by atoms with E-state index in [1.54, 1.807) is 12.3 Å². The zero-order valence-corrected chi connectivity index (χ0v) is 9.90. The van der Waals surface area contributed by atoms with E-state index in [1.807, 2.05) is 13.8 Å². The predicted octanol–water partition coefficient (Wildman–Crippen LogP) is 1.52. The topological polar surface area (TPSA) is 75.7 Å². The lowest BCUT2D eigenvalue weighted by Gasteiger charge is -2.06. The van der Waals surface area contributed by atoms with E-state index in [2.05, 4.69) is 25.5 Å². The minimum atomic E-state index is 0.578. The molecule has 0 saturated carbocycles. The van der Waals surface area contributed by atoms with Crippen LogP contribution in [0.4, 0.5) is 5.82 Å². The van der Waals surface area contributed by atoms with Crippen LogP contribution in [0.5, 0.6) is 5.88 Å². The summed E-state index contributed by atoms with van der Waals surface area (Å²) in [6.07, 6.45) is 3.28. The van der Waals surface area contributed by atoms with Gasteiger partial charge in [-0.05, 0) is 13.8 Å². The van der Waals surface area contributed by atoms with Gasteiger partial charge in [-0.3, -0.25) is 5.10 Å². The molecule has 0 radical (unpaired) electrons. The molecular weight excluding hydrogens is 218 g/mol. The summed E-state index contributed by atoms with van der Waals surface area (Å²) in [6.45, 7) is 5.17. The molecule has 0 amide bonds. The number of ether oxygens (including phenoxy) is 1. The van der Waals surface area contributed by atoms with Crippen molar-refractivity contribution in [3.63, 3.8) is 0 Å². The first kappa shape index (κ1) is 11.4. The second-order valence-corrected chi connectivity index (χ2v) is 3.55. The van der Waals surface area contributed by atoms with E-state index in [1.165, 1.54) is 6.33 Å². The van der Waals surface area contributed by atoms with Crippen molar-refractivity contribution in [3.8, 4) is 5.88 Å². The van der Waals surface area contributed by atoms with Crippen molar-refractivity contribution in [2.24, 2.45) is 0 Å². The first-order valence-electron chi connectivity index (χ1n) is 5.47. The number of anilines is 1. The SMILES string of the molecule is CCOc1cc(NCc2cn[nH]c2C)ncn1. The Bertz CT molecular complexity index is 482. The fourth-order valence-corrected chi connectivity index (χ4v) is 1.40. The maximum absolute atomic E-state index is 5.30. The van der Waals surface area contributed by atoms with Crippen LogP contribution in [-0.4, -0.2) is 26.8 Å². The summed E-state index contributed by atoms with van der Waals surface area (Å²) in [5, 5.41) is 10.0. The lowest BCUT2D eigenvalue weighted by molar-refractivity contribution is 0.326. The van der Waals surface area contributed by atoms with Gasteiger partial charge in [-0.1, -0.05) is 0 Å². The molecule has 0 atom stereocenters. The Morgan fingerprint density at radius 2 is 2.29 bits per heavy atom. The fourth-order valence-electron chi connectivity index (χ4n) is 1.40. The normalized spacial score (nSPS) is 10.2. The highest BCUT2D eigenvalue weighted by molar-refractivity contribution is 5.38. The van der Waals surface area contributed by atoms with Crippen LogP contribution in [0.2, 0.25) is 0 Å². The van der Waals surface area contributed by atoms with Gasteiger partial charge >= 0.3 is 0 Å². The summed E-state index contributed by atoms with van der Waals surface area (Å²) < 4.78 is 5.30. The Morgan fingerprint density at radius 1 is 1.41 bits per heavy atom. The van der Waals surface area contributed by atoms with Crippen LogP contribution in [0.1, 0.15) is 18.2 Å². The predicted molar refractivity (Wildman–Crippen MR) is 63.9 cm³/mol. The Hall–Kier alpha value is -2.11. The van der Waals surface area contributed by atoms with E-state index in [0.29, 0.717) is 19.0 Å². The number of aryl methyl sites for hydroxylation is 1. The van der Waals surface area contributed by atoms with Gasteiger partial charge in [-0.15, -0.1) is 0 Å². The zero-order valence-electron chi connectivity index (χ0n) is 9.90. The Labute approximate surface area is 99.4 Å². The average Bonchev–Trinajstić information content (AvgIpc) is 2.73. The van der Waals surface area contributed by atoms with Crippen molar-refractivity contribution in [2.45, 2.75) is 20.4 Å². The number of nitrogens with one attached hydrogen (secondary N) is 2. The Morgan fingerprint density at radius 3 is 3.00 bits per heavy atom. The van der Waals surface area contributed by atoms with Gasteiger partial charge in [-0.2, -0.15) is 5.10 Å². The lowest BCUT2D eigenvalue weighted by Crippen LogP contribution is -2.03. The quantitative estimate of drug-likeness (QED) is 0.818. The van der Waals surface area contributed by atoms with Crippen LogP contribution < -0.4 is 10.1 Å². The highest BCUT2D eigenvalue weighted by Gasteiger charge is 2.02. The zero-order chi connectivity index (χ0) is 12.1. The summed E-state index contributed by atoms with van der Waals surface area (Å²) in [7, 11) is 0. The van der Waals surface area contributed by atoms with E-state index in [4.69, 9.17) is 4.74 Å². The highest BCUT2D eigenvalue weighted by atomic mass is 16.5. The van der Waals surface area contributed by atoms with Gasteiger partial charge in [0.2, 0.25) is 5.88 Å². The maximum atomic E-state index is 5.30. The van der Waals surface area contributed by atoms with E-state index >= 15 is 0 Å². The van der Waals surface area contributed by atoms with Crippen molar-refractivity contribution < 1.29 is 4.74 Å². The van der Waals surface area contributed by atoms with Crippen molar-refractivity contribution in [3.05, 3.63) is 29.8 Å². The highest BCUT2D eigenvalue weighted by Crippen LogP contribution is 2.12. The monoisotopic (exact) mass is 233 g/mol.